The van der Waals surface area contributed by atoms with Gasteiger partial charge in [0.15, 0.2) is 0 Å². The average Bonchev–Trinajstić information content (AvgIpc) is 2.29. The molecule has 4 bridgehead atoms. The van der Waals surface area contributed by atoms with E-state index in [4.69, 9.17) is 23.2 Å². The molecular formula is C16H20Br4Cl2N2O2. The second kappa shape index (κ2) is 6.47. The molecule has 4 rings (SSSR count). The van der Waals surface area contributed by atoms with Crippen LogP contribution in [-0.4, -0.2) is 28.3 Å². The van der Waals surface area contributed by atoms with Gasteiger partial charge in [-0.15, -0.1) is 0 Å². The Kier molecular flexibility index (Phi) is 5.50. The molecule has 4 saturated carbocycles. The Bertz CT molecular complexity index is 594. The highest BCUT2D eigenvalue weighted by Crippen LogP contribution is 2.67. The van der Waals surface area contributed by atoms with Gasteiger partial charge >= 0.3 is 0 Å². The van der Waals surface area contributed by atoms with Crippen LogP contribution < -0.4 is 10.6 Å². The lowest BCUT2D eigenvalue weighted by Gasteiger charge is -2.69. The lowest BCUT2D eigenvalue weighted by Crippen LogP contribution is -2.75. The van der Waals surface area contributed by atoms with Crippen molar-refractivity contribution in [2.24, 2.45) is 10.8 Å². The van der Waals surface area contributed by atoms with Crippen LogP contribution in [0.25, 0.3) is 0 Å². The van der Waals surface area contributed by atoms with Crippen LogP contribution >= 0.6 is 86.9 Å². The fourth-order valence-corrected chi connectivity index (χ4v) is 7.08. The molecule has 148 valence electrons. The topological polar surface area (TPSA) is 58.2 Å². The fraction of sp³-hybridized carbons (Fsp3) is 0.875. The molecule has 4 fully saturated rings. The predicted molar refractivity (Wildman–Crippen MR) is 119 cm³/mol. The van der Waals surface area contributed by atoms with Gasteiger partial charge < -0.3 is 10.6 Å². The number of nitrogens with one attached hydrogen (secondary N) is 2. The fourth-order valence-electron chi connectivity index (χ4n) is 6.58. The Morgan fingerprint density at radius 1 is 0.731 bits per heavy atom. The third-order valence-corrected chi connectivity index (χ3v) is 7.65. The first-order valence-electron chi connectivity index (χ1n) is 8.28. The monoisotopic (exact) mass is 658 g/mol. The molecule has 0 aromatic rings. The van der Waals surface area contributed by atoms with Crippen molar-refractivity contribution in [3.63, 3.8) is 0 Å². The predicted octanol–water partition coefficient (Wildman–Crippen LogP) is 5.46. The van der Waals surface area contributed by atoms with E-state index in [1.54, 1.807) is 0 Å². The van der Waals surface area contributed by atoms with Gasteiger partial charge in [0.2, 0.25) is 5.39 Å². The molecule has 0 aromatic heterocycles. The summed E-state index contributed by atoms with van der Waals surface area (Å²) in [5.74, 6) is -0.634. The third kappa shape index (κ3) is 4.30. The quantitative estimate of drug-likeness (QED) is 0.394. The summed E-state index contributed by atoms with van der Waals surface area (Å²) in [4.78, 5) is 25.2. The number of hydrogen-bond donors (Lipinski definition) is 2. The molecule has 0 aliphatic heterocycles. The zero-order valence-electron chi connectivity index (χ0n) is 14.3. The standard InChI is InChI=1S/C16H20Br4Cl2N2O2/c1-11-3-12(2)6-13(4-11,23-9(25)15(17,18)21)8-14(5-11,7-12)24-10(26)16(19,20)22/h3-8H2,1-2H3,(H,23,25)(H,24,26). The van der Waals surface area contributed by atoms with Crippen LogP contribution in [0.4, 0.5) is 0 Å². The Morgan fingerprint density at radius 2 is 1.04 bits per heavy atom. The molecule has 2 N–H and O–H groups in total. The van der Waals surface area contributed by atoms with Crippen LogP contribution in [0.3, 0.4) is 0 Å². The van der Waals surface area contributed by atoms with Gasteiger partial charge in [-0.1, -0.05) is 37.0 Å². The number of halogens is 6. The highest BCUT2D eigenvalue weighted by molar-refractivity contribution is 9.27. The maximum Gasteiger partial charge on any atom is 0.263 e. The van der Waals surface area contributed by atoms with Crippen LogP contribution in [0.1, 0.15) is 52.4 Å². The number of hydrogen-bond acceptors (Lipinski definition) is 2. The summed E-state index contributed by atoms with van der Waals surface area (Å²) < 4.78 is -2.67. The number of rotatable bonds is 4. The van der Waals surface area contributed by atoms with Gasteiger partial charge in [0.25, 0.3) is 11.8 Å². The number of alkyl halides is 6. The van der Waals surface area contributed by atoms with Gasteiger partial charge in [0.1, 0.15) is 0 Å². The molecule has 0 atom stereocenters. The summed E-state index contributed by atoms with van der Waals surface area (Å²) in [7, 11) is 0. The summed E-state index contributed by atoms with van der Waals surface area (Å²) in [5, 5.41) is 6.36. The molecule has 0 saturated heterocycles. The zero-order chi connectivity index (χ0) is 19.8. The van der Waals surface area contributed by atoms with Gasteiger partial charge in [-0.25, -0.2) is 0 Å². The van der Waals surface area contributed by atoms with Crippen molar-refractivity contribution in [1.29, 1.82) is 0 Å². The van der Waals surface area contributed by atoms with Gasteiger partial charge in [-0.3, -0.25) is 9.59 Å². The van der Waals surface area contributed by atoms with Crippen molar-refractivity contribution >= 4 is 98.7 Å². The molecule has 0 unspecified atom stereocenters. The zero-order valence-corrected chi connectivity index (χ0v) is 22.2. The van der Waals surface area contributed by atoms with E-state index in [9.17, 15) is 9.59 Å². The van der Waals surface area contributed by atoms with Crippen molar-refractivity contribution < 1.29 is 9.59 Å². The van der Waals surface area contributed by atoms with Crippen molar-refractivity contribution in [3.05, 3.63) is 0 Å². The number of carbonyl (C=O) groups is 2. The average molecular weight is 663 g/mol. The lowest BCUT2D eigenvalue weighted by atomic mass is 9.40. The molecule has 26 heavy (non-hydrogen) atoms. The first kappa shape index (κ1) is 22.1. The maximum absolute atomic E-state index is 12.6. The second-order valence-electron chi connectivity index (χ2n) is 9.15. The van der Waals surface area contributed by atoms with Crippen molar-refractivity contribution in [2.75, 3.05) is 0 Å². The summed E-state index contributed by atoms with van der Waals surface area (Å²) >= 11 is 24.8. The van der Waals surface area contributed by atoms with Crippen LogP contribution in [0.15, 0.2) is 0 Å². The van der Waals surface area contributed by atoms with E-state index in [-0.39, 0.29) is 22.6 Å². The van der Waals surface area contributed by atoms with E-state index in [2.05, 4.69) is 88.2 Å². The Morgan fingerprint density at radius 3 is 1.31 bits per heavy atom. The number of carbonyl (C=O) groups excluding carboxylic acids is 2. The Balaban J connectivity index is 1.95. The summed E-state index contributed by atoms with van der Waals surface area (Å²) in [6.45, 7) is 4.49. The minimum atomic E-state index is -1.33. The highest BCUT2D eigenvalue weighted by Gasteiger charge is 2.67. The van der Waals surface area contributed by atoms with E-state index in [0.717, 1.165) is 32.1 Å². The molecular weight excluding hydrogens is 643 g/mol. The van der Waals surface area contributed by atoms with Gasteiger partial charge in [-0.2, -0.15) is 0 Å². The molecule has 0 aromatic carbocycles. The molecule has 2 amide bonds. The van der Waals surface area contributed by atoms with Gasteiger partial charge in [0.05, 0.1) is 0 Å². The van der Waals surface area contributed by atoms with E-state index < -0.39 is 16.5 Å². The van der Waals surface area contributed by atoms with Crippen molar-refractivity contribution in [2.45, 2.75) is 68.8 Å². The van der Waals surface area contributed by atoms with Gasteiger partial charge in [-0.05, 0) is 113 Å². The maximum atomic E-state index is 12.6. The number of amides is 2. The molecule has 0 spiro atoms. The molecule has 4 aliphatic rings. The first-order chi connectivity index (χ1) is 11.5. The Labute approximate surface area is 197 Å². The summed E-state index contributed by atoms with van der Waals surface area (Å²) in [6, 6.07) is 0. The largest absolute Gasteiger partial charge is 0.347 e. The molecule has 4 nitrogen and oxygen atoms in total. The van der Waals surface area contributed by atoms with E-state index >= 15 is 0 Å². The normalized spacial score (nSPS) is 41.8. The first-order valence-corrected chi connectivity index (χ1v) is 12.2. The van der Waals surface area contributed by atoms with Gasteiger partial charge in [0, 0.05) is 11.1 Å². The van der Waals surface area contributed by atoms with E-state index in [1.807, 2.05) is 0 Å². The minimum Gasteiger partial charge on any atom is -0.347 e. The second-order valence-corrected chi connectivity index (χ2v) is 19.0. The SMILES string of the molecule is CC12CC3(C)CC(NC(=O)C(Cl)(Br)Br)(C1)CC(NC(=O)C(Cl)(Br)Br)(C2)C3. The third-order valence-electron chi connectivity index (χ3n) is 5.86. The lowest BCUT2D eigenvalue weighted by molar-refractivity contribution is -0.154. The van der Waals surface area contributed by atoms with Crippen LogP contribution in [0, 0.1) is 10.8 Å². The molecule has 4 aliphatic carbocycles. The van der Waals surface area contributed by atoms with Crippen LogP contribution in [0.5, 0.6) is 0 Å². The summed E-state index contributed by atoms with van der Waals surface area (Å²) in [6.07, 6.45) is 5.25. The summed E-state index contributed by atoms with van der Waals surface area (Å²) in [5.41, 5.74) is -0.744. The molecule has 10 heteroatoms. The van der Waals surface area contributed by atoms with Crippen LogP contribution in [-0.2, 0) is 9.59 Å². The van der Waals surface area contributed by atoms with Crippen molar-refractivity contribution in [3.8, 4) is 0 Å². The Hall–Kier alpha value is 1.44. The molecule has 0 heterocycles. The van der Waals surface area contributed by atoms with E-state index in [0.29, 0.717) is 6.42 Å². The highest BCUT2D eigenvalue weighted by atomic mass is 79.9. The smallest absolute Gasteiger partial charge is 0.263 e. The molecule has 0 radical (unpaired) electrons. The van der Waals surface area contributed by atoms with E-state index in [1.165, 1.54) is 0 Å². The van der Waals surface area contributed by atoms with Crippen molar-refractivity contribution in [1.82, 2.24) is 10.6 Å². The minimum absolute atomic E-state index is 0.0330. The van der Waals surface area contributed by atoms with Crippen LogP contribution in [0.2, 0.25) is 0 Å².